The standard InChI is InChI=1S/C13H23N5O/c1-4-7-14-11-15-12(18-8-5-6-9-18)17-13(16-11)19-10(2)3/h10H,4-9H2,1-3H3,(H,14,15,16,17). The van der Waals surface area contributed by atoms with E-state index in [0.29, 0.717) is 12.0 Å². The number of nitrogens with one attached hydrogen (secondary N) is 1. The van der Waals surface area contributed by atoms with E-state index in [1.54, 1.807) is 0 Å². The smallest absolute Gasteiger partial charge is 0.323 e. The van der Waals surface area contributed by atoms with Gasteiger partial charge in [0, 0.05) is 19.6 Å². The molecule has 1 fully saturated rings. The molecule has 0 radical (unpaired) electrons. The van der Waals surface area contributed by atoms with Gasteiger partial charge in [-0.2, -0.15) is 15.0 Å². The van der Waals surface area contributed by atoms with E-state index < -0.39 is 0 Å². The molecular formula is C13H23N5O. The molecule has 1 aromatic rings. The molecular weight excluding hydrogens is 242 g/mol. The van der Waals surface area contributed by atoms with Gasteiger partial charge in [-0.05, 0) is 33.1 Å². The topological polar surface area (TPSA) is 63.2 Å². The first-order valence-electron chi connectivity index (χ1n) is 7.10. The van der Waals surface area contributed by atoms with Gasteiger partial charge in [0.25, 0.3) is 0 Å². The van der Waals surface area contributed by atoms with E-state index in [-0.39, 0.29) is 6.10 Å². The highest BCUT2D eigenvalue weighted by atomic mass is 16.5. The molecule has 0 unspecified atom stereocenters. The Morgan fingerprint density at radius 1 is 1.21 bits per heavy atom. The van der Waals surface area contributed by atoms with E-state index in [2.05, 4.69) is 32.1 Å². The molecule has 1 saturated heterocycles. The highest BCUT2D eigenvalue weighted by Gasteiger charge is 2.18. The summed E-state index contributed by atoms with van der Waals surface area (Å²) in [5, 5.41) is 3.20. The van der Waals surface area contributed by atoms with Crippen LogP contribution in [0.1, 0.15) is 40.0 Å². The second kappa shape index (κ2) is 6.54. The quantitative estimate of drug-likeness (QED) is 0.849. The minimum absolute atomic E-state index is 0.0628. The van der Waals surface area contributed by atoms with Gasteiger partial charge in [0.2, 0.25) is 11.9 Å². The number of ether oxygens (including phenoxy) is 1. The molecule has 1 aromatic heterocycles. The van der Waals surface area contributed by atoms with Crippen molar-refractivity contribution in [1.29, 1.82) is 0 Å². The van der Waals surface area contributed by atoms with Crippen molar-refractivity contribution in [3.63, 3.8) is 0 Å². The molecule has 0 bridgehead atoms. The Kier molecular flexibility index (Phi) is 4.76. The number of hydrogen-bond donors (Lipinski definition) is 1. The molecule has 6 nitrogen and oxygen atoms in total. The van der Waals surface area contributed by atoms with E-state index in [4.69, 9.17) is 4.74 Å². The minimum Gasteiger partial charge on any atom is -0.461 e. The second-order valence-electron chi connectivity index (χ2n) is 5.03. The lowest BCUT2D eigenvalue weighted by Crippen LogP contribution is -2.22. The van der Waals surface area contributed by atoms with Crippen LogP contribution < -0.4 is 15.0 Å². The summed E-state index contributed by atoms with van der Waals surface area (Å²) in [6.45, 7) is 8.93. The first-order valence-corrected chi connectivity index (χ1v) is 7.10. The van der Waals surface area contributed by atoms with Crippen molar-refractivity contribution in [3.05, 3.63) is 0 Å². The minimum atomic E-state index is 0.0628. The van der Waals surface area contributed by atoms with Crippen LogP contribution in [0.15, 0.2) is 0 Å². The molecule has 0 amide bonds. The fourth-order valence-corrected chi connectivity index (χ4v) is 1.98. The lowest BCUT2D eigenvalue weighted by Gasteiger charge is -2.17. The zero-order valence-corrected chi connectivity index (χ0v) is 12.0. The van der Waals surface area contributed by atoms with Gasteiger partial charge < -0.3 is 15.0 Å². The third kappa shape index (κ3) is 3.94. The number of hydrogen-bond acceptors (Lipinski definition) is 6. The molecule has 0 aromatic carbocycles. The molecule has 6 heteroatoms. The van der Waals surface area contributed by atoms with Crippen LogP contribution in [0, 0.1) is 0 Å². The molecule has 1 aliphatic rings. The fourth-order valence-electron chi connectivity index (χ4n) is 1.98. The van der Waals surface area contributed by atoms with Gasteiger partial charge in [-0.3, -0.25) is 0 Å². The Morgan fingerprint density at radius 3 is 2.58 bits per heavy atom. The van der Waals surface area contributed by atoms with Crippen LogP contribution in [0.25, 0.3) is 0 Å². The van der Waals surface area contributed by atoms with Gasteiger partial charge in [0.05, 0.1) is 6.10 Å². The molecule has 19 heavy (non-hydrogen) atoms. The van der Waals surface area contributed by atoms with Crippen LogP contribution in [0.4, 0.5) is 11.9 Å². The molecule has 0 aliphatic carbocycles. The summed E-state index contributed by atoms with van der Waals surface area (Å²) in [4.78, 5) is 15.4. The summed E-state index contributed by atoms with van der Waals surface area (Å²) in [6.07, 6.45) is 3.49. The Hall–Kier alpha value is -1.59. The number of nitrogens with zero attached hydrogens (tertiary/aromatic N) is 4. The van der Waals surface area contributed by atoms with Crippen LogP contribution >= 0.6 is 0 Å². The third-order valence-corrected chi connectivity index (χ3v) is 2.87. The van der Waals surface area contributed by atoms with Gasteiger partial charge in [-0.25, -0.2) is 0 Å². The van der Waals surface area contributed by atoms with Crippen molar-refractivity contribution < 1.29 is 4.74 Å². The lowest BCUT2D eigenvalue weighted by atomic mass is 10.4. The van der Waals surface area contributed by atoms with E-state index in [0.717, 1.165) is 32.0 Å². The number of aromatic nitrogens is 3. The SMILES string of the molecule is CCCNc1nc(OC(C)C)nc(N2CCCC2)n1. The highest BCUT2D eigenvalue weighted by molar-refractivity contribution is 5.39. The van der Waals surface area contributed by atoms with E-state index in [1.807, 2.05) is 13.8 Å². The van der Waals surface area contributed by atoms with E-state index in [9.17, 15) is 0 Å². The van der Waals surface area contributed by atoms with E-state index in [1.165, 1.54) is 12.8 Å². The largest absolute Gasteiger partial charge is 0.461 e. The van der Waals surface area contributed by atoms with Crippen molar-refractivity contribution in [2.45, 2.75) is 46.1 Å². The predicted molar refractivity (Wildman–Crippen MR) is 75.8 cm³/mol. The summed E-state index contributed by atoms with van der Waals surface area (Å²) >= 11 is 0. The van der Waals surface area contributed by atoms with Crippen LogP contribution in [-0.4, -0.2) is 40.7 Å². The van der Waals surface area contributed by atoms with Crippen molar-refractivity contribution in [1.82, 2.24) is 15.0 Å². The van der Waals surface area contributed by atoms with E-state index >= 15 is 0 Å². The Bertz CT molecular complexity index is 404. The molecule has 1 N–H and O–H groups in total. The maximum Gasteiger partial charge on any atom is 0.323 e. The zero-order chi connectivity index (χ0) is 13.7. The Morgan fingerprint density at radius 2 is 1.95 bits per heavy atom. The molecule has 2 rings (SSSR count). The van der Waals surface area contributed by atoms with Gasteiger partial charge in [0.15, 0.2) is 0 Å². The molecule has 106 valence electrons. The summed E-state index contributed by atoms with van der Waals surface area (Å²) in [5.41, 5.74) is 0. The Labute approximate surface area is 114 Å². The second-order valence-corrected chi connectivity index (χ2v) is 5.03. The normalized spacial score (nSPS) is 15.1. The Balaban J connectivity index is 2.19. The summed E-state index contributed by atoms with van der Waals surface area (Å²) in [5.74, 6) is 1.33. The monoisotopic (exact) mass is 265 g/mol. The molecule has 0 saturated carbocycles. The average Bonchev–Trinajstić information content (AvgIpc) is 2.89. The number of rotatable bonds is 6. The van der Waals surface area contributed by atoms with Crippen molar-refractivity contribution in [2.24, 2.45) is 0 Å². The molecule has 1 aliphatic heterocycles. The van der Waals surface area contributed by atoms with Crippen LogP contribution in [0.2, 0.25) is 0 Å². The third-order valence-electron chi connectivity index (χ3n) is 2.87. The van der Waals surface area contributed by atoms with Gasteiger partial charge in [-0.1, -0.05) is 6.92 Å². The van der Waals surface area contributed by atoms with Gasteiger partial charge >= 0.3 is 6.01 Å². The van der Waals surface area contributed by atoms with Gasteiger partial charge in [0.1, 0.15) is 0 Å². The van der Waals surface area contributed by atoms with Crippen LogP contribution in [-0.2, 0) is 0 Å². The number of anilines is 2. The lowest BCUT2D eigenvalue weighted by molar-refractivity contribution is 0.222. The first kappa shape index (κ1) is 13.8. The summed E-state index contributed by atoms with van der Waals surface area (Å²) in [6, 6.07) is 0.408. The van der Waals surface area contributed by atoms with Gasteiger partial charge in [-0.15, -0.1) is 0 Å². The van der Waals surface area contributed by atoms with Crippen LogP contribution in [0.5, 0.6) is 6.01 Å². The van der Waals surface area contributed by atoms with Crippen molar-refractivity contribution >= 4 is 11.9 Å². The fraction of sp³-hybridized carbons (Fsp3) is 0.769. The predicted octanol–water partition coefficient (Wildman–Crippen LogP) is 2.08. The van der Waals surface area contributed by atoms with Crippen molar-refractivity contribution in [2.75, 3.05) is 29.9 Å². The summed E-state index contributed by atoms with van der Waals surface area (Å²) in [7, 11) is 0. The zero-order valence-electron chi connectivity index (χ0n) is 12.0. The first-order chi connectivity index (χ1) is 9.19. The maximum atomic E-state index is 5.61. The van der Waals surface area contributed by atoms with Crippen molar-refractivity contribution in [3.8, 4) is 6.01 Å². The molecule has 2 heterocycles. The average molecular weight is 265 g/mol. The van der Waals surface area contributed by atoms with Crippen LogP contribution in [0.3, 0.4) is 0 Å². The summed E-state index contributed by atoms with van der Waals surface area (Å²) < 4.78 is 5.61. The molecule has 0 spiro atoms. The highest BCUT2D eigenvalue weighted by Crippen LogP contribution is 2.19. The molecule has 0 atom stereocenters. The maximum absolute atomic E-state index is 5.61.